The van der Waals surface area contributed by atoms with E-state index in [-0.39, 0.29) is 6.03 Å². The summed E-state index contributed by atoms with van der Waals surface area (Å²) >= 11 is 0. The fraction of sp³-hybridized carbons (Fsp3) is 0. The molecule has 3 rings (SSSR count). The molecule has 1 aromatic carbocycles. The van der Waals surface area contributed by atoms with Gasteiger partial charge >= 0.3 is 6.03 Å². The zero-order valence-corrected chi connectivity index (χ0v) is 7.64. The number of guanidine groups is 1. The molecule has 2 amide bonds. The quantitative estimate of drug-likeness (QED) is 0.557. The predicted molar refractivity (Wildman–Crippen MR) is 52.6 cm³/mol. The Morgan fingerprint density at radius 1 is 1.27 bits per heavy atom. The number of hydrogen-bond donors (Lipinski definition) is 2. The number of nitrogens with one attached hydrogen (secondary N) is 2. The molecule has 0 saturated carbocycles. The lowest BCUT2D eigenvalue weighted by atomic mass is 10.3. The fourth-order valence-corrected chi connectivity index (χ4v) is 1.45. The minimum Gasteiger partial charge on any atom is -0.245 e. The first kappa shape index (κ1) is 7.98. The van der Waals surface area contributed by atoms with Crippen molar-refractivity contribution in [2.75, 3.05) is 0 Å². The van der Waals surface area contributed by atoms with Crippen LogP contribution in [0, 0.1) is 0 Å². The molecule has 6 nitrogen and oxygen atoms in total. The first-order valence-electron chi connectivity index (χ1n) is 4.42. The summed E-state index contributed by atoms with van der Waals surface area (Å²) < 4.78 is 0. The maximum Gasteiger partial charge on any atom is 0.354 e. The molecule has 0 aliphatic carbocycles. The number of para-hydroxylation sites is 1. The number of carbonyl (C=O) groups is 1. The molecular weight excluding hydrogens is 194 g/mol. The summed E-state index contributed by atoms with van der Waals surface area (Å²) in [7, 11) is 0. The summed E-state index contributed by atoms with van der Waals surface area (Å²) in [4.78, 5) is 15.3. The zero-order valence-electron chi connectivity index (χ0n) is 7.64. The van der Waals surface area contributed by atoms with Gasteiger partial charge in [-0.3, -0.25) is 0 Å². The molecule has 2 aliphatic heterocycles. The third kappa shape index (κ3) is 1.23. The van der Waals surface area contributed by atoms with Crippen LogP contribution in [0.2, 0.25) is 0 Å². The van der Waals surface area contributed by atoms with Crippen molar-refractivity contribution in [3.63, 3.8) is 0 Å². The third-order valence-corrected chi connectivity index (χ3v) is 2.12. The molecule has 0 radical (unpaired) electrons. The Labute approximate surface area is 84.6 Å². The molecule has 0 unspecified atom stereocenters. The SMILES string of the molecule is O=C1NN=C2N=c3ccccc3=CN2N1. The Morgan fingerprint density at radius 2 is 2.13 bits per heavy atom. The highest BCUT2D eigenvalue weighted by molar-refractivity contribution is 5.91. The fourth-order valence-electron chi connectivity index (χ4n) is 1.45. The average Bonchev–Trinajstić information content (AvgIpc) is 2.26. The molecule has 15 heavy (non-hydrogen) atoms. The van der Waals surface area contributed by atoms with Crippen molar-refractivity contribution in [3.05, 3.63) is 34.8 Å². The van der Waals surface area contributed by atoms with Crippen LogP contribution in [0.15, 0.2) is 34.4 Å². The number of hydrazine groups is 1. The molecule has 2 N–H and O–H groups in total. The average molecular weight is 201 g/mol. The molecule has 6 heteroatoms. The van der Waals surface area contributed by atoms with E-state index in [0.29, 0.717) is 5.96 Å². The second-order valence-corrected chi connectivity index (χ2v) is 3.13. The van der Waals surface area contributed by atoms with E-state index in [4.69, 9.17) is 0 Å². The number of carbonyl (C=O) groups excluding carboxylic acids is 1. The molecule has 0 atom stereocenters. The van der Waals surface area contributed by atoms with Crippen LogP contribution in [0.3, 0.4) is 0 Å². The molecule has 1 aromatic rings. The van der Waals surface area contributed by atoms with Gasteiger partial charge in [0, 0.05) is 11.4 Å². The highest BCUT2D eigenvalue weighted by atomic mass is 16.2. The van der Waals surface area contributed by atoms with Crippen molar-refractivity contribution < 1.29 is 4.79 Å². The lowest BCUT2D eigenvalue weighted by Crippen LogP contribution is -2.54. The van der Waals surface area contributed by atoms with Gasteiger partial charge < -0.3 is 0 Å². The lowest BCUT2D eigenvalue weighted by molar-refractivity contribution is 0.225. The number of urea groups is 1. The van der Waals surface area contributed by atoms with E-state index in [0.717, 1.165) is 10.6 Å². The number of hydrogen-bond acceptors (Lipinski definition) is 4. The predicted octanol–water partition coefficient (Wildman–Crippen LogP) is -1.14. The maximum absolute atomic E-state index is 11.0. The van der Waals surface area contributed by atoms with E-state index in [1.165, 1.54) is 5.01 Å². The zero-order chi connectivity index (χ0) is 10.3. The van der Waals surface area contributed by atoms with E-state index in [9.17, 15) is 4.79 Å². The number of rotatable bonds is 0. The number of fused-ring (bicyclic) bond motifs is 2. The van der Waals surface area contributed by atoms with E-state index < -0.39 is 0 Å². The Hall–Kier alpha value is -2.37. The van der Waals surface area contributed by atoms with E-state index in [1.54, 1.807) is 6.20 Å². The maximum atomic E-state index is 11.0. The Morgan fingerprint density at radius 3 is 3.07 bits per heavy atom. The standard InChI is InChI=1S/C9H7N5O/c15-9-12-11-8-10-7-4-2-1-3-6(7)5-14(8)13-9/h1-5H,(H2,12,13,15). The van der Waals surface area contributed by atoms with Crippen LogP contribution in [0.25, 0.3) is 6.20 Å². The Kier molecular flexibility index (Phi) is 1.49. The number of benzene rings is 1. The summed E-state index contributed by atoms with van der Waals surface area (Å²) in [5, 5.41) is 7.08. The summed E-state index contributed by atoms with van der Waals surface area (Å²) in [6, 6.07) is 7.26. The van der Waals surface area contributed by atoms with E-state index in [1.807, 2.05) is 24.3 Å². The molecular formula is C9H7N5O. The van der Waals surface area contributed by atoms with Crippen LogP contribution in [0.4, 0.5) is 4.79 Å². The summed E-state index contributed by atoms with van der Waals surface area (Å²) in [6.07, 6.45) is 1.78. The van der Waals surface area contributed by atoms with Gasteiger partial charge in [0.25, 0.3) is 5.96 Å². The highest BCUT2D eigenvalue weighted by Gasteiger charge is 2.18. The van der Waals surface area contributed by atoms with Crippen LogP contribution < -0.4 is 21.4 Å². The van der Waals surface area contributed by atoms with Gasteiger partial charge in [0.15, 0.2) is 0 Å². The van der Waals surface area contributed by atoms with Crippen molar-refractivity contribution >= 4 is 18.2 Å². The van der Waals surface area contributed by atoms with Gasteiger partial charge in [-0.05, 0) is 6.07 Å². The van der Waals surface area contributed by atoms with Crippen molar-refractivity contribution in [1.82, 2.24) is 15.9 Å². The summed E-state index contributed by atoms with van der Waals surface area (Å²) in [5.41, 5.74) is 4.86. The van der Waals surface area contributed by atoms with E-state index >= 15 is 0 Å². The lowest BCUT2D eigenvalue weighted by Gasteiger charge is -2.25. The summed E-state index contributed by atoms with van der Waals surface area (Å²) in [6.45, 7) is 0. The molecule has 74 valence electrons. The van der Waals surface area contributed by atoms with Gasteiger partial charge in [0.2, 0.25) is 0 Å². The van der Waals surface area contributed by atoms with Crippen molar-refractivity contribution in [2.24, 2.45) is 10.1 Å². The normalized spacial score (nSPS) is 17.2. The minimum atomic E-state index is -0.371. The smallest absolute Gasteiger partial charge is 0.245 e. The third-order valence-electron chi connectivity index (χ3n) is 2.12. The number of hydrazone groups is 1. The molecule has 2 heterocycles. The second kappa shape index (κ2) is 2.81. The first-order valence-corrected chi connectivity index (χ1v) is 4.42. The Balaban J connectivity index is 2.22. The Bertz CT molecular complexity index is 576. The van der Waals surface area contributed by atoms with Crippen molar-refractivity contribution in [3.8, 4) is 0 Å². The van der Waals surface area contributed by atoms with Gasteiger partial charge in [-0.1, -0.05) is 18.2 Å². The van der Waals surface area contributed by atoms with Gasteiger partial charge in [-0.15, -0.1) is 5.10 Å². The second-order valence-electron chi connectivity index (χ2n) is 3.13. The van der Waals surface area contributed by atoms with Crippen molar-refractivity contribution in [1.29, 1.82) is 0 Å². The van der Waals surface area contributed by atoms with Crippen LogP contribution in [-0.4, -0.2) is 17.0 Å². The van der Waals surface area contributed by atoms with Crippen LogP contribution >= 0.6 is 0 Å². The number of amides is 2. The topological polar surface area (TPSA) is 69.1 Å². The van der Waals surface area contributed by atoms with Gasteiger partial charge in [-0.2, -0.15) is 0 Å². The molecule has 0 bridgehead atoms. The minimum absolute atomic E-state index is 0.371. The molecule has 2 aliphatic rings. The number of nitrogens with zero attached hydrogens (tertiary/aromatic N) is 3. The largest absolute Gasteiger partial charge is 0.354 e. The highest BCUT2D eigenvalue weighted by Crippen LogP contribution is 1.96. The van der Waals surface area contributed by atoms with Gasteiger partial charge in [-0.25, -0.2) is 25.6 Å². The van der Waals surface area contributed by atoms with Gasteiger partial charge in [0.05, 0.1) is 5.36 Å². The first-order chi connectivity index (χ1) is 7.33. The molecule has 0 spiro atoms. The summed E-state index contributed by atoms with van der Waals surface area (Å²) in [5.74, 6) is 0.424. The van der Waals surface area contributed by atoms with Gasteiger partial charge in [0.1, 0.15) is 0 Å². The van der Waals surface area contributed by atoms with Crippen LogP contribution in [0.1, 0.15) is 0 Å². The van der Waals surface area contributed by atoms with Crippen LogP contribution in [0.5, 0.6) is 0 Å². The van der Waals surface area contributed by atoms with Crippen molar-refractivity contribution in [2.45, 2.75) is 0 Å². The van der Waals surface area contributed by atoms with E-state index in [2.05, 4.69) is 20.9 Å². The monoisotopic (exact) mass is 201 g/mol. The molecule has 0 aromatic heterocycles. The van der Waals surface area contributed by atoms with Crippen LogP contribution in [-0.2, 0) is 0 Å². The molecule has 0 saturated heterocycles. The molecule has 0 fully saturated rings.